The van der Waals surface area contributed by atoms with Gasteiger partial charge in [-0.3, -0.25) is 0 Å². The fourth-order valence-electron chi connectivity index (χ4n) is 0.965. The number of benzene rings is 1. The molecule has 0 N–H and O–H groups in total. The second kappa shape index (κ2) is 14.2. The zero-order valence-electron chi connectivity index (χ0n) is 11.4. The molecule has 2 nitrogen and oxygen atoms in total. The molecule has 0 amide bonds. The Hall–Kier alpha value is -0.830. The molecule has 0 fully saturated rings. The molecule has 18 heavy (non-hydrogen) atoms. The van der Waals surface area contributed by atoms with Crippen LogP contribution in [0.3, 0.4) is 0 Å². The first-order valence-electron chi connectivity index (χ1n) is 5.71. The third kappa shape index (κ3) is 11.6. The van der Waals surface area contributed by atoms with Gasteiger partial charge in [0.1, 0.15) is 0 Å². The molecule has 1 rings (SSSR count). The molecule has 0 saturated carbocycles. The fourth-order valence-corrected chi connectivity index (χ4v) is 0.965. The molecule has 3 heteroatoms. The number of carbonyl (C=O) groups excluding carboxylic acids is 1. The van der Waals surface area contributed by atoms with Crippen molar-refractivity contribution < 1.29 is 9.53 Å². The maximum atomic E-state index is 10.3. The van der Waals surface area contributed by atoms with Crippen LogP contribution in [0.15, 0.2) is 49.6 Å². The summed E-state index contributed by atoms with van der Waals surface area (Å²) in [6.07, 6.45) is 4.99. The zero-order valence-corrected chi connectivity index (χ0v) is 13.4. The SMILES string of the molecule is C=CC(=O)OCCCC.C=Cc1ccccc1.[Na]. The van der Waals surface area contributed by atoms with Crippen molar-refractivity contribution in [2.45, 2.75) is 19.8 Å². The molecule has 0 aliphatic carbocycles. The minimum atomic E-state index is -0.330. The van der Waals surface area contributed by atoms with E-state index in [1.165, 1.54) is 11.6 Å². The van der Waals surface area contributed by atoms with Gasteiger partial charge in [0, 0.05) is 35.6 Å². The minimum absolute atomic E-state index is 0. The Morgan fingerprint density at radius 3 is 2.28 bits per heavy atom. The molecule has 0 atom stereocenters. The first-order valence-corrected chi connectivity index (χ1v) is 5.71. The molecule has 0 spiro atoms. The van der Waals surface area contributed by atoms with E-state index in [-0.39, 0.29) is 35.5 Å². The Labute approximate surface area is 132 Å². The molecule has 0 aliphatic rings. The van der Waals surface area contributed by atoms with Crippen molar-refractivity contribution in [3.8, 4) is 0 Å². The topological polar surface area (TPSA) is 26.3 Å². The standard InChI is InChI=1S/C8H8.C7H12O2.Na/c1-2-8-6-4-3-5-7-8;1-3-5-6-9-7(8)4-2;/h2-7H,1H2;4H,2-3,5-6H2,1H3;. The van der Waals surface area contributed by atoms with E-state index in [9.17, 15) is 4.79 Å². The maximum absolute atomic E-state index is 10.3. The summed E-state index contributed by atoms with van der Waals surface area (Å²) in [6, 6.07) is 10.0. The van der Waals surface area contributed by atoms with Crippen LogP contribution in [0.2, 0.25) is 0 Å². The van der Waals surface area contributed by atoms with Crippen molar-refractivity contribution in [3.63, 3.8) is 0 Å². The van der Waals surface area contributed by atoms with Crippen LogP contribution in [0, 0.1) is 0 Å². The van der Waals surface area contributed by atoms with E-state index in [1.54, 1.807) is 0 Å². The number of rotatable bonds is 5. The third-order valence-corrected chi connectivity index (χ3v) is 1.94. The summed E-state index contributed by atoms with van der Waals surface area (Å²) in [6.45, 7) is 9.45. The molecule has 0 unspecified atom stereocenters. The quantitative estimate of drug-likeness (QED) is 0.348. The molecule has 0 aromatic heterocycles. The van der Waals surface area contributed by atoms with E-state index in [1.807, 2.05) is 43.3 Å². The predicted octanol–water partition coefficient (Wildman–Crippen LogP) is 3.46. The van der Waals surface area contributed by atoms with Crippen molar-refractivity contribution in [1.29, 1.82) is 0 Å². The molecule has 0 heterocycles. The molecule has 1 aromatic carbocycles. The molecule has 0 bridgehead atoms. The van der Waals surface area contributed by atoms with Crippen molar-refractivity contribution in [1.82, 2.24) is 0 Å². The normalized spacial score (nSPS) is 8.06. The Kier molecular flexibility index (Phi) is 15.4. The van der Waals surface area contributed by atoms with Gasteiger partial charge in [-0.2, -0.15) is 0 Å². The molecule has 1 aromatic rings. The number of esters is 1. The third-order valence-electron chi connectivity index (χ3n) is 1.94. The largest absolute Gasteiger partial charge is 0.463 e. The van der Waals surface area contributed by atoms with Gasteiger partial charge >= 0.3 is 5.97 Å². The number of hydrogen-bond acceptors (Lipinski definition) is 2. The van der Waals surface area contributed by atoms with E-state index in [2.05, 4.69) is 17.9 Å². The van der Waals surface area contributed by atoms with E-state index in [0.717, 1.165) is 12.8 Å². The first-order chi connectivity index (χ1) is 8.24. The van der Waals surface area contributed by atoms with Crippen LogP contribution in [0.25, 0.3) is 6.08 Å². The Morgan fingerprint density at radius 2 is 1.89 bits per heavy atom. The van der Waals surface area contributed by atoms with Crippen LogP contribution < -0.4 is 0 Å². The Morgan fingerprint density at radius 1 is 1.28 bits per heavy atom. The minimum Gasteiger partial charge on any atom is -0.463 e. The van der Waals surface area contributed by atoms with Crippen LogP contribution in [0.5, 0.6) is 0 Å². The fraction of sp³-hybridized carbons (Fsp3) is 0.267. The van der Waals surface area contributed by atoms with Gasteiger partial charge in [0.15, 0.2) is 0 Å². The van der Waals surface area contributed by atoms with Crippen molar-refractivity contribution in [2.24, 2.45) is 0 Å². The van der Waals surface area contributed by atoms with Crippen molar-refractivity contribution in [2.75, 3.05) is 6.61 Å². The summed E-state index contributed by atoms with van der Waals surface area (Å²) >= 11 is 0. The van der Waals surface area contributed by atoms with E-state index in [0.29, 0.717) is 6.61 Å². The van der Waals surface area contributed by atoms with Gasteiger partial charge in [-0.15, -0.1) is 0 Å². The van der Waals surface area contributed by atoms with Crippen molar-refractivity contribution >= 4 is 41.6 Å². The second-order valence-electron chi connectivity index (χ2n) is 3.34. The predicted molar refractivity (Wildman–Crippen MR) is 78.4 cm³/mol. The van der Waals surface area contributed by atoms with Crippen LogP contribution in [-0.2, 0) is 9.53 Å². The molecule has 0 saturated heterocycles. The average Bonchev–Trinajstić information content (AvgIpc) is 2.40. The van der Waals surface area contributed by atoms with Gasteiger partial charge in [0.2, 0.25) is 0 Å². The summed E-state index contributed by atoms with van der Waals surface area (Å²) in [5.41, 5.74) is 1.17. The van der Waals surface area contributed by atoms with Crippen LogP contribution in [0.1, 0.15) is 25.3 Å². The summed E-state index contributed by atoms with van der Waals surface area (Å²) < 4.78 is 4.67. The summed E-state index contributed by atoms with van der Waals surface area (Å²) in [5, 5.41) is 0. The van der Waals surface area contributed by atoms with Gasteiger partial charge < -0.3 is 4.74 Å². The summed E-state index contributed by atoms with van der Waals surface area (Å²) in [4.78, 5) is 10.3. The smallest absolute Gasteiger partial charge is 0.330 e. The number of hydrogen-bond donors (Lipinski definition) is 0. The van der Waals surface area contributed by atoms with Gasteiger partial charge in [-0.1, -0.05) is 62.9 Å². The molecule has 93 valence electrons. The summed E-state index contributed by atoms with van der Waals surface area (Å²) in [5.74, 6) is -0.330. The van der Waals surface area contributed by atoms with Crippen molar-refractivity contribution in [3.05, 3.63) is 55.1 Å². The zero-order chi connectivity index (χ0) is 12.9. The number of unbranched alkanes of at least 4 members (excludes halogenated alkanes) is 1. The monoisotopic (exact) mass is 255 g/mol. The van der Waals surface area contributed by atoms with Crippen LogP contribution in [0.4, 0.5) is 0 Å². The van der Waals surface area contributed by atoms with Gasteiger partial charge in [0.05, 0.1) is 6.61 Å². The molecule has 0 aliphatic heterocycles. The average molecular weight is 255 g/mol. The first kappa shape index (κ1) is 19.5. The van der Waals surface area contributed by atoms with Crippen LogP contribution >= 0.6 is 0 Å². The Balaban J connectivity index is 0. The van der Waals surface area contributed by atoms with Gasteiger partial charge in [-0.25, -0.2) is 4.79 Å². The Bertz CT molecular complexity index is 334. The second-order valence-corrected chi connectivity index (χ2v) is 3.34. The molecular weight excluding hydrogens is 235 g/mol. The van der Waals surface area contributed by atoms with Crippen LogP contribution in [-0.4, -0.2) is 42.1 Å². The van der Waals surface area contributed by atoms with E-state index < -0.39 is 0 Å². The van der Waals surface area contributed by atoms with Gasteiger partial charge in [-0.05, 0) is 12.0 Å². The number of carbonyl (C=O) groups is 1. The van der Waals surface area contributed by atoms with Gasteiger partial charge in [0.25, 0.3) is 0 Å². The number of ether oxygens (including phenoxy) is 1. The van der Waals surface area contributed by atoms with E-state index >= 15 is 0 Å². The van der Waals surface area contributed by atoms with E-state index in [4.69, 9.17) is 0 Å². The molecular formula is C15H20NaO2. The summed E-state index contributed by atoms with van der Waals surface area (Å²) in [7, 11) is 0. The molecule has 1 radical (unpaired) electrons. The maximum Gasteiger partial charge on any atom is 0.330 e.